The lowest BCUT2D eigenvalue weighted by Gasteiger charge is -2.32. The van der Waals surface area contributed by atoms with E-state index in [0.717, 1.165) is 44.8 Å². The number of benzene rings is 8. The van der Waals surface area contributed by atoms with Crippen LogP contribution in [0.2, 0.25) is 0 Å². The second kappa shape index (κ2) is 18.0. The molecule has 1 aliphatic heterocycles. The Labute approximate surface area is 432 Å². The zero-order valence-corrected chi connectivity index (χ0v) is 44.0. The molecule has 0 saturated heterocycles. The minimum absolute atomic E-state index is 0.0236. The molecule has 0 spiro atoms. The molecule has 1 aliphatic rings. The summed E-state index contributed by atoms with van der Waals surface area (Å²) in [5.74, 6) is 2.39. The number of hydrogen-bond acceptors (Lipinski definition) is 4. The first-order chi connectivity index (χ1) is 34.9. The van der Waals surface area contributed by atoms with Crippen molar-refractivity contribution in [2.45, 2.75) is 90.9 Å². The van der Waals surface area contributed by atoms with Crippen LogP contribution in [-0.4, -0.2) is 16.2 Å². The van der Waals surface area contributed by atoms with Crippen molar-refractivity contribution in [1.29, 1.82) is 0 Å². The third-order valence-electron chi connectivity index (χ3n) is 15.4. The van der Waals surface area contributed by atoms with Gasteiger partial charge in [-0.3, -0.25) is 4.57 Å². The summed E-state index contributed by atoms with van der Waals surface area (Å²) in [6, 6.07) is 72.8. The van der Waals surface area contributed by atoms with Gasteiger partial charge in [0.25, 0.3) is 0 Å². The van der Waals surface area contributed by atoms with E-state index in [1.807, 2.05) is 6.20 Å². The van der Waals surface area contributed by atoms with Crippen molar-refractivity contribution in [3.05, 3.63) is 240 Å². The fourth-order valence-corrected chi connectivity index (χ4v) is 10.7. The lowest BCUT2D eigenvalue weighted by molar-refractivity contribution is 0.483. The lowest BCUT2D eigenvalue weighted by Crippen LogP contribution is -2.26. The minimum Gasteiger partial charge on any atom is -0.457 e. The number of rotatable bonds is 10. The van der Waals surface area contributed by atoms with Crippen LogP contribution < -0.4 is 14.5 Å². The van der Waals surface area contributed by atoms with E-state index in [1.165, 1.54) is 61.6 Å². The Morgan fingerprint density at radius 1 is 0.384 bits per heavy atom. The van der Waals surface area contributed by atoms with E-state index in [1.54, 1.807) is 0 Å². The molecule has 0 amide bonds. The SMILES string of the molecule is CC(C)(C)c1cc(N2CN(c3cccc(Oc4ccc5c6cc(-c7ccccc7)ccc6n(-c6cc(C(C)(C)c7ccccc7)ccn6)c5c4)c3)c3ccc(C(C)(C)C)cc32)cc(C(C)(C)c2ccccc2)c1. The van der Waals surface area contributed by atoms with Gasteiger partial charge in [-0.25, -0.2) is 4.98 Å². The number of hydrogen-bond donors (Lipinski definition) is 0. The van der Waals surface area contributed by atoms with Gasteiger partial charge in [-0.05, 0) is 128 Å². The first-order valence-corrected chi connectivity index (χ1v) is 25.8. The molecule has 2 aromatic heterocycles. The number of fused-ring (bicyclic) bond motifs is 4. The molecule has 5 heteroatoms. The van der Waals surface area contributed by atoms with Gasteiger partial charge in [0.15, 0.2) is 0 Å². The molecule has 73 heavy (non-hydrogen) atoms. The summed E-state index contributed by atoms with van der Waals surface area (Å²) in [6.07, 6.45) is 1.95. The lowest BCUT2D eigenvalue weighted by atomic mass is 9.75. The maximum Gasteiger partial charge on any atom is 0.137 e. The Morgan fingerprint density at radius 2 is 1.01 bits per heavy atom. The van der Waals surface area contributed by atoms with Crippen LogP contribution in [0.25, 0.3) is 38.8 Å². The average Bonchev–Trinajstić information content (AvgIpc) is 3.94. The maximum absolute atomic E-state index is 6.94. The number of nitrogens with zero attached hydrogens (tertiary/aromatic N) is 4. The van der Waals surface area contributed by atoms with Crippen molar-refractivity contribution in [1.82, 2.24) is 9.55 Å². The summed E-state index contributed by atoms with van der Waals surface area (Å²) in [5.41, 5.74) is 16.2. The van der Waals surface area contributed by atoms with Gasteiger partial charge in [-0.15, -0.1) is 0 Å². The van der Waals surface area contributed by atoms with Crippen molar-refractivity contribution in [2.24, 2.45) is 0 Å². The molecule has 0 N–H and O–H groups in total. The molecule has 0 fully saturated rings. The normalized spacial score (nSPS) is 13.2. The molecular formula is C68H66N4O. The van der Waals surface area contributed by atoms with E-state index in [-0.39, 0.29) is 21.7 Å². The van der Waals surface area contributed by atoms with Gasteiger partial charge in [-0.2, -0.15) is 0 Å². The summed E-state index contributed by atoms with van der Waals surface area (Å²) in [7, 11) is 0. The van der Waals surface area contributed by atoms with Crippen LogP contribution in [0.1, 0.15) is 103 Å². The first-order valence-electron chi connectivity index (χ1n) is 25.8. The molecule has 5 nitrogen and oxygen atoms in total. The van der Waals surface area contributed by atoms with Crippen molar-refractivity contribution < 1.29 is 4.74 Å². The van der Waals surface area contributed by atoms with Crippen LogP contribution in [0.4, 0.5) is 22.7 Å². The molecule has 8 aromatic carbocycles. The molecule has 0 unspecified atom stereocenters. The fourth-order valence-electron chi connectivity index (χ4n) is 10.7. The first kappa shape index (κ1) is 47.4. The average molecular weight is 955 g/mol. The summed E-state index contributed by atoms with van der Waals surface area (Å²) >= 11 is 0. The smallest absolute Gasteiger partial charge is 0.137 e. The topological polar surface area (TPSA) is 33.5 Å². The van der Waals surface area contributed by atoms with E-state index in [4.69, 9.17) is 9.72 Å². The zero-order chi connectivity index (χ0) is 50.9. The Kier molecular flexibility index (Phi) is 11.7. The molecule has 0 aliphatic carbocycles. The van der Waals surface area contributed by atoms with E-state index < -0.39 is 0 Å². The monoisotopic (exact) mass is 955 g/mol. The van der Waals surface area contributed by atoms with Gasteiger partial charge < -0.3 is 14.5 Å². The Morgan fingerprint density at radius 3 is 1.70 bits per heavy atom. The third kappa shape index (κ3) is 8.86. The zero-order valence-electron chi connectivity index (χ0n) is 44.0. The standard InChI is InChI=1S/C68H66N4O/c1-65(2,3)50-30-34-61-63(41-50)71(55-39-52(66(4,5)6)38-53(40-55)68(9,10)49-25-18-13-19-26-49)45-70(61)54-27-20-28-56(43-54)73-57-31-32-58-59-37-47(46-21-14-11-15-22-46)29-33-60(59)72(62(58)44-57)64-42-51(35-36-69-64)67(7,8)48-23-16-12-17-24-48/h11-44H,45H2,1-10H3. The van der Waals surface area contributed by atoms with Crippen LogP contribution >= 0.6 is 0 Å². The van der Waals surface area contributed by atoms with Crippen LogP contribution in [-0.2, 0) is 21.7 Å². The van der Waals surface area contributed by atoms with Crippen molar-refractivity contribution in [3.8, 4) is 28.4 Å². The molecule has 0 bridgehead atoms. The number of anilines is 4. The highest BCUT2D eigenvalue weighted by Gasteiger charge is 2.33. The van der Waals surface area contributed by atoms with Gasteiger partial charge in [0.05, 0.1) is 22.4 Å². The van der Waals surface area contributed by atoms with E-state index in [2.05, 4.69) is 284 Å². The van der Waals surface area contributed by atoms with Crippen molar-refractivity contribution >= 4 is 44.6 Å². The Balaban J connectivity index is 0.988. The highest BCUT2D eigenvalue weighted by atomic mass is 16.5. The molecular weight excluding hydrogens is 889 g/mol. The fraction of sp³-hybridized carbons (Fsp3) is 0.221. The quantitative estimate of drug-likeness (QED) is 0.137. The van der Waals surface area contributed by atoms with E-state index >= 15 is 0 Å². The summed E-state index contributed by atoms with van der Waals surface area (Å²) in [5, 5.41) is 2.30. The van der Waals surface area contributed by atoms with Gasteiger partial charge >= 0.3 is 0 Å². The van der Waals surface area contributed by atoms with Gasteiger partial charge in [0, 0.05) is 51.3 Å². The second-order valence-corrected chi connectivity index (χ2v) is 23.1. The molecule has 3 heterocycles. The van der Waals surface area contributed by atoms with Crippen LogP contribution in [0.5, 0.6) is 11.5 Å². The van der Waals surface area contributed by atoms with E-state index in [0.29, 0.717) is 6.67 Å². The minimum atomic E-state index is -0.238. The Hall–Kier alpha value is -7.89. The second-order valence-electron chi connectivity index (χ2n) is 23.1. The molecule has 0 atom stereocenters. The predicted octanol–water partition coefficient (Wildman–Crippen LogP) is 18.1. The molecule has 0 radical (unpaired) electrons. The number of aromatic nitrogens is 2. The number of pyridine rings is 1. The molecule has 10 aromatic rings. The highest BCUT2D eigenvalue weighted by molar-refractivity contribution is 6.10. The van der Waals surface area contributed by atoms with Crippen molar-refractivity contribution in [3.63, 3.8) is 0 Å². The summed E-state index contributed by atoms with van der Waals surface area (Å²) in [6.45, 7) is 23.8. The number of ether oxygens (including phenoxy) is 1. The van der Waals surface area contributed by atoms with Crippen LogP contribution in [0, 0.1) is 0 Å². The molecule has 11 rings (SSSR count). The highest BCUT2D eigenvalue weighted by Crippen LogP contribution is 2.49. The van der Waals surface area contributed by atoms with Gasteiger partial charge in [-0.1, -0.05) is 184 Å². The van der Waals surface area contributed by atoms with Crippen LogP contribution in [0.15, 0.2) is 206 Å². The maximum atomic E-state index is 6.94. The van der Waals surface area contributed by atoms with Gasteiger partial charge in [0.1, 0.15) is 24.0 Å². The molecule has 364 valence electrons. The van der Waals surface area contributed by atoms with Crippen molar-refractivity contribution in [2.75, 3.05) is 16.5 Å². The van der Waals surface area contributed by atoms with E-state index in [9.17, 15) is 0 Å². The van der Waals surface area contributed by atoms with Gasteiger partial charge in [0.2, 0.25) is 0 Å². The Bertz CT molecular complexity index is 3650. The summed E-state index contributed by atoms with van der Waals surface area (Å²) in [4.78, 5) is 10.0. The predicted molar refractivity (Wildman–Crippen MR) is 307 cm³/mol. The third-order valence-corrected chi connectivity index (χ3v) is 15.4. The van der Waals surface area contributed by atoms with Crippen LogP contribution in [0.3, 0.4) is 0 Å². The summed E-state index contributed by atoms with van der Waals surface area (Å²) < 4.78 is 9.24. The largest absolute Gasteiger partial charge is 0.457 e. The molecule has 0 saturated carbocycles.